The number of aryl methyl sites for hydroxylation is 3. The van der Waals surface area contributed by atoms with Crippen LogP contribution < -0.4 is 14.7 Å². The molecule has 3 heterocycles. The number of nitrogens with zero attached hydrogens (tertiary/aromatic N) is 3. The Balaban J connectivity index is 0.903. The van der Waals surface area contributed by atoms with Gasteiger partial charge in [-0.3, -0.25) is 0 Å². The molecule has 0 unspecified atom stereocenters. The van der Waals surface area contributed by atoms with Gasteiger partial charge in [0, 0.05) is 17.1 Å². The molecule has 3 nitrogen and oxygen atoms in total. The van der Waals surface area contributed by atoms with Crippen molar-refractivity contribution in [2.24, 2.45) is 0 Å². The number of para-hydroxylation sites is 6. The van der Waals surface area contributed by atoms with Gasteiger partial charge in [-0.2, -0.15) is 0 Å². The van der Waals surface area contributed by atoms with E-state index in [0.29, 0.717) is 0 Å². The van der Waals surface area contributed by atoms with Crippen molar-refractivity contribution in [2.75, 3.05) is 14.7 Å². The molecule has 0 saturated heterocycles. The van der Waals surface area contributed by atoms with E-state index in [1.54, 1.807) is 0 Å². The van der Waals surface area contributed by atoms with Crippen LogP contribution in [-0.4, -0.2) is 0 Å². The van der Waals surface area contributed by atoms with Crippen LogP contribution in [0, 0.1) is 0 Å². The van der Waals surface area contributed by atoms with Crippen LogP contribution in [0.1, 0.15) is 143 Å². The maximum Gasteiger partial charge on any atom is 0.0760 e. The Bertz CT molecular complexity index is 6810. The molecular weight excluding hydrogens is 1520 g/mol. The first kappa shape index (κ1) is 74.0. The largest absolute Gasteiger partial charge is 0.310 e. The molecule has 600 valence electrons. The zero-order valence-corrected chi connectivity index (χ0v) is 71.3. The molecule has 25 rings (SSSR count). The lowest BCUT2D eigenvalue weighted by molar-refractivity contribution is 0.727. The standard InChI is InChI=1S/C123H93N3/c1-4-7-28-79-49-64-94(65-50-79)124-109-43-22-16-37-100(109)121(101-38-17-23-44-110(101)124)106-76-91(88-58-55-82-31-10-13-34-85(82)73-88)61-70-97(106)115-118(121)116-98-71-62-92(89-59-56-83-32-11-14-35-86(83)74-89)77-107(98)122(102-39-18-24-45-111(102)125(112-46-25-19-40-103(112)122)95-66-51-80(52-67-95)29-8-5-2)120(116)117-99-72-63-93(90-60-57-84-33-12-15-36-87(84)75-90)78-108(99)123(119(115)117)104-41-20-26-47-113(104)126(114-48-27-21-42-105(114)123)96-68-53-81(54-69-96)30-9-6-3/h10-27,31-78H,4-9,28-30H2,1-3H3. The van der Waals surface area contributed by atoms with Crippen molar-refractivity contribution in [1.29, 1.82) is 0 Å². The van der Waals surface area contributed by atoms with Crippen molar-refractivity contribution in [1.82, 2.24) is 0 Å². The van der Waals surface area contributed by atoms with Crippen molar-refractivity contribution in [3.8, 4) is 66.8 Å². The van der Waals surface area contributed by atoms with E-state index in [2.05, 4.69) is 436 Å². The maximum absolute atomic E-state index is 2.68. The molecule has 0 saturated carbocycles. The lowest BCUT2D eigenvalue weighted by Crippen LogP contribution is -2.39. The molecule has 0 atom stereocenters. The minimum Gasteiger partial charge on any atom is -0.310 e. The van der Waals surface area contributed by atoms with Crippen LogP contribution in [-0.2, 0) is 35.5 Å². The van der Waals surface area contributed by atoms with Gasteiger partial charge in [-0.1, -0.05) is 331 Å². The van der Waals surface area contributed by atoms with Gasteiger partial charge >= 0.3 is 0 Å². The molecule has 0 bridgehead atoms. The number of fused-ring (bicyclic) bond motifs is 33. The number of hydrogen-bond acceptors (Lipinski definition) is 3. The van der Waals surface area contributed by atoms with E-state index in [1.165, 1.54) is 183 Å². The summed E-state index contributed by atoms with van der Waals surface area (Å²) in [6, 6.07) is 158. The Morgan fingerprint density at radius 3 is 0.651 bits per heavy atom. The third kappa shape index (κ3) is 10.6. The number of benzene rings is 19. The summed E-state index contributed by atoms with van der Waals surface area (Å²) in [5, 5.41) is 7.32. The predicted molar refractivity (Wildman–Crippen MR) is 528 cm³/mol. The fourth-order valence-corrected chi connectivity index (χ4v) is 23.8. The molecule has 3 aliphatic carbocycles. The van der Waals surface area contributed by atoms with E-state index in [1.807, 2.05) is 0 Å². The Morgan fingerprint density at radius 1 is 0.190 bits per heavy atom. The minimum absolute atomic E-state index is 1.04. The van der Waals surface area contributed by atoms with Gasteiger partial charge in [0.05, 0.1) is 50.4 Å². The van der Waals surface area contributed by atoms with Gasteiger partial charge in [0.15, 0.2) is 0 Å². The van der Waals surface area contributed by atoms with Gasteiger partial charge in [-0.15, -0.1) is 0 Å². The molecule has 3 spiro atoms. The first-order chi connectivity index (χ1) is 62.4. The first-order valence-electron chi connectivity index (χ1n) is 45.8. The molecule has 3 aliphatic heterocycles. The smallest absolute Gasteiger partial charge is 0.0760 e. The topological polar surface area (TPSA) is 9.72 Å². The average molecular weight is 1610 g/mol. The summed E-state index contributed by atoms with van der Waals surface area (Å²) in [6.45, 7) is 6.90. The third-order valence-electron chi connectivity index (χ3n) is 29.3. The Labute approximate surface area is 738 Å². The summed E-state index contributed by atoms with van der Waals surface area (Å²) in [7, 11) is 0. The molecule has 19 aromatic rings. The molecular formula is C123H93N3. The molecule has 0 amide bonds. The van der Waals surface area contributed by atoms with Gasteiger partial charge in [0.1, 0.15) is 0 Å². The summed E-state index contributed by atoms with van der Waals surface area (Å²) in [5.41, 5.74) is 41.2. The van der Waals surface area contributed by atoms with E-state index in [0.717, 1.165) is 109 Å². The van der Waals surface area contributed by atoms with Gasteiger partial charge in [-0.25, -0.2) is 0 Å². The SMILES string of the molecule is CCCCc1ccc(N2c3ccccc3C3(c4cc(-c5ccc6ccccc6c5)ccc4-c4c3c3c(c5c4C4(c6cc(-c7ccc8ccccc8c7)ccc6-5)c5ccccc5N(c5ccc(CCCC)cc5)c5ccccc54)C4(c5cc(-c6ccc7ccccc7c6)ccc5-3)c3ccccc3N(c3ccc(CCCC)cc3)c3ccccc34)c3ccccc32)cc1. The number of hydrogen-bond donors (Lipinski definition) is 0. The van der Waals surface area contributed by atoms with Crippen molar-refractivity contribution in [3.63, 3.8) is 0 Å². The van der Waals surface area contributed by atoms with E-state index in [9.17, 15) is 0 Å². The number of anilines is 9. The minimum atomic E-state index is -1.04. The Morgan fingerprint density at radius 2 is 0.405 bits per heavy atom. The highest BCUT2D eigenvalue weighted by Gasteiger charge is 2.65. The van der Waals surface area contributed by atoms with Crippen molar-refractivity contribution in [2.45, 2.75) is 94.8 Å². The lowest BCUT2D eigenvalue weighted by atomic mass is 9.58. The van der Waals surface area contributed by atoms with Gasteiger partial charge in [-0.05, 0) is 330 Å². The maximum atomic E-state index is 2.68. The van der Waals surface area contributed by atoms with E-state index in [4.69, 9.17) is 0 Å². The van der Waals surface area contributed by atoms with E-state index < -0.39 is 16.2 Å². The quantitative estimate of drug-likeness (QED) is 0.101. The monoisotopic (exact) mass is 1610 g/mol. The summed E-state index contributed by atoms with van der Waals surface area (Å²) >= 11 is 0. The Hall–Kier alpha value is -14.6. The third-order valence-corrected chi connectivity index (χ3v) is 29.3. The van der Waals surface area contributed by atoms with Crippen molar-refractivity contribution >= 4 is 83.5 Å². The van der Waals surface area contributed by atoms with Crippen LogP contribution in [0.4, 0.5) is 51.2 Å². The number of rotatable bonds is 15. The fourth-order valence-electron chi connectivity index (χ4n) is 23.8. The molecule has 19 aromatic carbocycles. The molecule has 0 aromatic heterocycles. The molecule has 0 fully saturated rings. The Kier molecular flexibility index (Phi) is 17.0. The van der Waals surface area contributed by atoms with Gasteiger partial charge in [0.25, 0.3) is 0 Å². The van der Waals surface area contributed by atoms with Crippen LogP contribution >= 0.6 is 0 Å². The average Bonchev–Trinajstić information content (AvgIpc) is 1.45. The van der Waals surface area contributed by atoms with Crippen LogP contribution in [0.2, 0.25) is 0 Å². The summed E-state index contributed by atoms with van der Waals surface area (Å²) in [6.07, 6.45) is 9.96. The molecule has 126 heavy (non-hydrogen) atoms. The van der Waals surface area contributed by atoms with Crippen LogP contribution in [0.5, 0.6) is 0 Å². The zero-order valence-electron chi connectivity index (χ0n) is 71.3. The first-order valence-corrected chi connectivity index (χ1v) is 45.8. The second-order valence-corrected chi connectivity index (χ2v) is 35.9. The molecule has 0 radical (unpaired) electrons. The lowest BCUT2D eigenvalue weighted by Gasteiger charge is -2.48. The van der Waals surface area contributed by atoms with E-state index in [-0.39, 0.29) is 0 Å². The second kappa shape index (κ2) is 29.0. The zero-order chi connectivity index (χ0) is 83.5. The van der Waals surface area contributed by atoms with E-state index >= 15 is 0 Å². The summed E-state index contributed by atoms with van der Waals surface area (Å²) in [5.74, 6) is 0. The predicted octanol–water partition coefficient (Wildman–Crippen LogP) is 32.6. The second-order valence-electron chi connectivity index (χ2n) is 35.9. The van der Waals surface area contributed by atoms with Crippen LogP contribution in [0.3, 0.4) is 0 Å². The summed E-state index contributed by atoms with van der Waals surface area (Å²) in [4.78, 5) is 7.85. The molecule has 6 aliphatic rings. The molecule has 3 heteroatoms. The van der Waals surface area contributed by atoms with Gasteiger partial charge < -0.3 is 14.7 Å². The van der Waals surface area contributed by atoms with Crippen LogP contribution in [0.15, 0.2) is 400 Å². The number of unbranched alkanes of at least 4 members (excludes halogenated alkanes) is 3. The van der Waals surface area contributed by atoms with Crippen molar-refractivity contribution in [3.05, 3.63) is 484 Å². The normalized spacial score (nSPS) is 14.3. The van der Waals surface area contributed by atoms with Gasteiger partial charge in [0.2, 0.25) is 0 Å². The molecule has 0 N–H and O–H groups in total. The highest BCUT2D eigenvalue weighted by Crippen LogP contribution is 2.78. The highest BCUT2D eigenvalue weighted by molar-refractivity contribution is 6.14. The van der Waals surface area contributed by atoms with Crippen LogP contribution in [0.25, 0.3) is 99.1 Å². The van der Waals surface area contributed by atoms with Crippen molar-refractivity contribution < 1.29 is 0 Å². The highest BCUT2D eigenvalue weighted by atomic mass is 15.2. The summed E-state index contributed by atoms with van der Waals surface area (Å²) < 4.78 is 0. The fraction of sp³-hybridized carbons (Fsp3) is 0.122.